The van der Waals surface area contributed by atoms with E-state index < -0.39 is 17.6 Å². The molecule has 1 amide bonds. The average Bonchev–Trinajstić information content (AvgIpc) is 2.41. The van der Waals surface area contributed by atoms with Crippen LogP contribution in [-0.4, -0.2) is 17.0 Å². The molecule has 0 bridgehead atoms. The lowest BCUT2D eigenvalue weighted by Gasteiger charge is -2.12. The number of nitrogens with one attached hydrogen (secondary N) is 1. The Bertz CT molecular complexity index is 685. The quantitative estimate of drug-likeness (QED) is 0.902. The monoisotopic (exact) mass is 334 g/mol. The van der Waals surface area contributed by atoms with Crippen LogP contribution >= 0.6 is 15.9 Å². The number of hydrogen-bond donors (Lipinski definition) is 2. The van der Waals surface area contributed by atoms with Crippen molar-refractivity contribution in [3.63, 3.8) is 0 Å². The number of carbonyl (C=O) groups excluding carboxylic acids is 1. The van der Waals surface area contributed by atoms with Crippen molar-refractivity contribution in [3.05, 3.63) is 58.1 Å². The van der Waals surface area contributed by atoms with Gasteiger partial charge in [-0.3, -0.25) is 4.79 Å². The van der Waals surface area contributed by atoms with E-state index in [4.69, 9.17) is 5.11 Å². The van der Waals surface area contributed by atoms with Crippen molar-refractivity contribution in [2.75, 3.05) is 5.32 Å². The van der Waals surface area contributed by atoms with Crippen molar-refractivity contribution in [1.82, 2.24) is 0 Å². The van der Waals surface area contributed by atoms with Crippen molar-refractivity contribution >= 4 is 33.5 Å². The maximum Gasteiger partial charge on any atom is 0.337 e. The summed E-state index contributed by atoms with van der Waals surface area (Å²) in [5.74, 6) is -2.16. The maximum absolute atomic E-state index is 12.1. The molecule has 0 saturated carbocycles. The van der Waals surface area contributed by atoms with Gasteiger partial charge in [0.2, 0.25) is 0 Å². The van der Waals surface area contributed by atoms with E-state index >= 15 is 0 Å². The Morgan fingerprint density at radius 1 is 1.10 bits per heavy atom. The van der Waals surface area contributed by atoms with Crippen molar-refractivity contribution in [3.8, 4) is 5.75 Å². The molecule has 0 saturated heterocycles. The van der Waals surface area contributed by atoms with E-state index in [1.807, 2.05) is 0 Å². The molecule has 0 aliphatic heterocycles. The van der Waals surface area contributed by atoms with Crippen LogP contribution in [0.15, 0.2) is 46.9 Å². The molecule has 2 rings (SSSR count). The minimum absolute atomic E-state index is 0.0813. The van der Waals surface area contributed by atoms with Gasteiger partial charge >= 0.3 is 5.97 Å². The third-order valence-electron chi connectivity index (χ3n) is 2.59. The highest BCUT2D eigenvalue weighted by atomic mass is 79.9. The zero-order valence-electron chi connectivity index (χ0n) is 10.1. The van der Waals surface area contributed by atoms with Gasteiger partial charge in [-0.15, -0.1) is 5.75 Å². The van der Waals surface area contributed by atoms with Crippen molar-refractivity contribution in [1.29, 1.82) is 0 Å². The molecule has 0 aliphatic carbocycles. The largest absolute Gasteiger partial charge is 0.872 e. The average molecular weight is 335 g/mol. The number of carbonyl (C=O) groups is 2. The molecule has 0 heterocycles. The summed E-state index contributed by atoms with van der Waals surface area (Å²) in [6.45, 7) is 0. The van der Waals surface area contributed by atoms with Crippen LogP contribution in [0.25, 0.3) is 0 Å². The standard InChI is InChI=1S/C14H10BrNO4/c15-11-4-2-1-3-9(11)13(18)16-12-6-5-8(17)7-10(12)14(19)20/h1-7,17H,(H,16,18)(H,19,20)/p-1. The molecule has 6 heteroatoms. The molecule has 0 aromatic heterocycles. The molecule has 0 unspecified atom stereocenters. The second kappa shape index (κ2) is 5.75. The first kappa shape index (κ1) is 14.1. The lowest BCUT2D eigenvalue weighted by atomic mass is 10.1. The van der Waals surface area contributed by atoms with E-state index in [-0.39, 0.29) is 11.3 Å². The van der Waals surface area contributed by atoms with E-state index in [2.05, 4.69) is 21.2 Å². The van der Waals surface area contributed by atoms with Crippen LogP contribution in [-0.2, 0) is 0 Å². The fraction of sp³-hybridized carbons (Fsp3) is 0. The van der Waals surface area contributed by atoms with E-state index in [9.17, 15) is 14.7 Å². The zero-order valence-corrected chi connectivity index (χ0v) is 11.7. The van der Waals surface area contributed by atoms with E-state index in [0.717, 1.165) is 6.07 Å². The Morgan fingerprint density at radius 3 is 2.45 bits per heavy atom. The third kappa shape index (κ3) is 2.97. The molecule has 102 valence electrons. The Balaban J connectivity index is 2.33. The Labute approximate surface area is 123 Å². The molecule has 0 radical (unpaired) electrons. The summed E-state index contributed by atoms with van der Waals surface area (Å²) < 4.78 is 0.592. The summed E-state index contributed by atoms with van der Waals surface area (Å²) in [6.07, 6.45) is 0. The summed E-state index contributed by atoms with van der Waals surface area (Å²) in [5, 5.41) is 22.7. The van der Waals surface area contributed by atoms with Gasteiger partial charge in [0.25, 0.3) is 5.91 Å². The Hall–Kier alpha value is -2.34. The van der Waals surface area contributed by atoms with E-state index in [1.165, 1.54) is 12.1 Å². The predicted molar refractivity (Wildman–Crippen MR) is 74.9 cm³/mol. The van der Waals surface area contributed by atoms with Crippen molar-refractivity contribution in [2.45, 2.75) is 0 Å². The van der Waals surface area contributed by atoms with Gasteiger partial charge in [0.1, 0.15) is 0 Å². The minimum Gasteiger partial charge on any atom is -0.872 e. The lowest BCUT2D eigenvalue weighted by molar-refractivity contribution is -0.268. The number of halogens is 1. The Kier molecular flexibility index (Phi) is 4.05. The first-order valence-electron chi connectivity index (χ1n) is 5.59. The molecule has 0 spiro atoms. The molecule has 0 fully saturated rings. The first-order valence-corrected chi connectivity index (χ1v) is 6.38. The number of hydrogen-bond acceptors (Lipinski definition) is 3. The molecule has 2 aromatic rings. The second-order valence-electron chi connectivity index (χ2n) is 3.95. The zero-order chi connectivity index (χ0) is 14.7. The van der Waals surface area contributed by atoms with Gasteiger partial charge in [0.15, 0.2) is 0 Å². The van der Waals surface area contributed by atoms with Crippen LogP contribution in [0.3, 0.4) is 0 Å². The minimum atomic E-state index is -1.27. The third-order valence-corrected chi connectivity index (χ3v) is 3.28. The molecule has 0 aliphatic rings. The Morgan fingerprint density at radius 2 is 1.80 bits per heavy atom. The first-order chi connectivity index (χ1) is 9.49. The summed E-state index contributed by atoms with van der Waals surface area (Å²) in [5.41, 5.74) is 0.214. The highest BCUT2D eigenvalue weighted by molar-refractivity contribution is 9.10. The summed E-state index contributed by atoms with van der Waals surface area (Å²) in [7, 11) is 0. The van der Waals surface area contributed by atoms with Crippen LogP contribution in [0.4, 0.5) is 5.69 Å². The molecule has 20 heavy (non-hydrogen) atoms. The highest BCUT2D eigenvalue weighted by Crippen LogP contribution is 2.22. The lowest BCUT2D eigenvalue weighted by Crippen LogP contribution is -2.15. The smallest absolute Gasteiger partial charge is 0.337 e. The van der Waals surface area contributed by atoms with Gasteiger partial charge < -0.3 is 15.5 Å². The number of amides is 1. The fourth-order valence-electron chi connectivity index (χ4n) is 1.64. The predicted octanol–water partition coefficient (Wildman–Crippen LogP) is 2.47. The van der Waals surface area contributed by atoms with Gasteiger partial charge in [-0.1, -0.05) is 24.3 Å². The summed E-state index contributed by atoms with van der Waals surface area (Å²) >= 11 is 3.24. The molecular weight excluding hydrogens is 326 g/mol. The van der Waals surface area contributed by atoms with Gasteiger partial charge in [-0.2, -0.15) is 0 Å². The highest BCUT2D eigenvalue weighted by Gasteiger charge is 2.14. The number of carboxylic acids is 1. The molecule has 2 N–H and O–H groups in total. The molecule has 5 nitrogen and oxygen atoms in total. The normalized spacial score (nSPS) is 10.1. The number of rotatable bonds is 3. The van der Waals surface area contributed by atoms with Crippen LogP contribution in [0, 0.1) is 0 Å². The van der Waals surface area contributed by atoms with Crippen LogP contribution in [0.2, 0.25) is 0 Å². The molecule has 0 atom stereocenters. The van der Waals surface area contributed by atoms with E-state index in [1.54, 1.807) is 24.3 Å². The van der Waals surface area contributed by atoms with Crippen LogP contribution in [0.5, 0.6) is 5.75 Å². The maximum atomic E-state index is 12.1. The summed E-state index contributed by atoms with van der Waals surface area (Å²) in [6, 6.07) is 10.2. The van der Waals surface area contributed by atoms with Gasteiger partial charge in [0, 0.05) is 4.47 Å². The molecular formula is C14H9BrNO4-. The van der Waals surface area contributed by atoms with E-state index in [0.29, 0.717) is 10.0 Å². The van der Waals surface area contributed by atoms with Gasteiger partial charge in [-0.25, -0.2) is 4.79 Å². The number of aromatic carboxylic acids is 1. The second-order valence-corrected chi connectivity index (χ2v) is 4.80. The van der Waals surface area contributed by atoms with Crippen molar-refractivity contribution < 1.29 is 19.8 Å². The number of benzene rings is 2. The van der Waals surface area contributed by atoms with Crippen molar-refractivity contribution in [2.24, 2.45) is 0 Å². The van der Waals surface area contributed by atoms with Gasteiger partial charge in [-0.05, 0) is 34.1 Å². The molecule has 2 aromatic carbocycles. The van der Waals surface area contributed by atoms with Crippen LogP contribution < -0.4 is 10.4 Å². The van der Waals surface area contributed by atoms with Gasteiger partial charge in [0.05, 0.1) is 16.8 Å². The van der Waals surface area contributed by atoms with Crippen LogP contribution in [0.1, 0.15) is 20.7 Å². The number of carboxylic acid groups (broad SMARTS) is 1. The summed E-state index contributed by atoms with van der Waals surface area (Å²) in [4.78, 5) is 23.1. The SMILES string of the molecule is O=C(Nc1ccc([O-])cc1C(=O)O)c1ccccc1Br. The number of anilines is 1. The fourth-order valence-corrected chi connectivity index (χ4v) is 2.11. The topological polar surface area (TPSA) is 89.5 Å².